The van der Waals surface area contributed by atoms with Crippen LogP contribution < -0.4 is 4.90 Å². The molecule has 4 rings (SSSR count). The number of carboxylic acid groups (broad SMARTS) is 2. The van der Waals surface area contributed by atoms with E-state index in [2.05, 4.69) is 36.9 Å². The van der Waals surface area contributed by atoms with Crippen LogP contribution in [0, 0.1) is 13.8 Å². The molecule has 1 unspecified atom stereocenters. The minimum Gasteiger partial charge on any atom is -0.480 e. The summed E-state index contributed by atoms with van der Waals surface area (Å²) in [5, 5.41) is 20.6. The maximum atomic E-state index is 12.4. The fraction of sp³-hybridized carbons (Fsp3) is 0.333. The first-order valence-corrected chi connectivity index (χ1v) is 10.9. The number of hydrogen-bond donors (Lipinski definition) is 2. The van der Waals surface area contributed by atoms with Crippen molar-refractivity contribution in [2.24, 2.45) is 0 Å². The maximum absolute atomic E-state index is 12.4. The lowest BCUT2D eigenvalue weighted by Crippen LogP contribution is -2.49. The first-order valence-electron chi connectivity index (χ1n) is 10.5. The Morgan fingerprint density at radius 3 is 2.38 bits per heavy atom. The molecule has 0 aliphatic carbocycles. The van der Waals surface area contributed by atoms with Crippen molar-refractivity contribution in [2.75, 3.05) is 31.1 Å². The Morgan fingerprint density at radius 1 is 1.03 bits per heavy atom. The molecular weight excluding hydrogens is 430 g/mol. The van der Waals surface area contributed by atoms with Gasteiger partial charge in [0.1, 0.15) is 12.6 Å². The molecule has 2 aromatic carbocycles. The largest absolute Gasteiger partial charge is 0.480 e. The van der Waals surface area contributed by atoms with Crippen molar-refractivity contribution >= 4 is 40.1 Å². The topological polar surface area (TPSA) is 86.0 Å². The van der Waals surface area contributed by atoms with Gasteiger partial charge in [0.2, 0.25) is 0 Å². The summed E-state index contributed by atoms with van der Waals surface area (Å²) in [6, 6.07) is 10.7. The van der Waals surface area contributed by atoms with E-state index >= 15 is 0 Å². The highest BCUT2D eigenvalue weighted by molar-refractivity contribution is 6.31. The van der Waals surface area contributed by atoms with Crippen LogP contribution >= 0.6 is 11.6 Å². The van der Waals surface area contributed by atoms with Crippen LogP contribution in [0.1, 0.15) is 22.7 Å². The molecule has 1 aromatic heterocycles. The molecule has 2 N–H and O–H groups in total. The predicted molar refractivity (Wildman–Crippen MR) is 125 cm³/mol. The molecule has 0 amide bonds. The van der Waals surface area contributed by atoms with Crippen molar-refractivity contribution in [2.45, 2.75) is 26.4 Å². The van der Waals surface area contributed by atoms with Gasteiger partial charge in [-0.2, -0.15) is 0 Å². The number of halogens is 1. The van der Waals surface area contributed by atoms with Crippen molar-refractivity contribution in [3.63, 3.8) is 0 Å². The van der Waals surface area contributed by atoms with E-state index in [0.29, 0.717) is 47.7 Å². The van der Waals surface area contributed by atoms with E-state index in [1.165, 1.54) is 16.8 Å². The van der Waals surface area contributed by atoms with Gasteiger partial charge in [-0.15, -0.1) is 0 Å². The van der Waals surface area contributed by atoms with Gasteiger partial charge in [-0.05, 0) is 37.6 Å². The van der Waals surface area contributed by atoms with Gasteiger partial charge in [0.05, 0.1) is 5.52 Å². The number of anilines is 1. The highest BCUT2D eigenvalue weighted by Gasteiger charge is 2.33. The fourth-order valence-corrected chi connectivity index (χ4v) is 4.82. The Bertz CT molecular complexity index is 1180. The van der Waals surface area contributed by atoms with Crippen LogP contribution in [-0.4, -0.2) is 57.8 Å². The van der Waals surface area contributed by atoms with Crippen molar-refractivity contribution in [3.05, 3.63) is 64.3 Å². The third-order valence-electron chi connectivity index (χ3n) is 6.08. The number of rotatable bonds is 6. The standard InChI is InChI=1S/C24H26ClN3O4/c1-15-3-6-20(16(2)11-15)26-7-9-27(10-8-26)23(24(31)32)19-13-28(14-22(29)30)21-12-17(25)4-5-18(19)21/h3-6,11-13,23H,7-10,14H2,1-2H3,(H,29,30)(H,31,32). The number of aryl methyl sites for hydroxylation is 2. The molecule has 8 heteroatoms. The van der Waals surface area contributed by atoms with Crippen molar-refractivity contribution < 1.29 is 19.8 Å². The number of aromatic nitrogens is 1. The van der Waals surface area contributed by atoms with Crippen LogP contribution in [-0.2, 0) is 16.1 Å². The zero-order valence-electron chi connectivity index (χ0n) is 18.1. The van der Waals surface area contributed by atoms with Crippen LogP contribution in [0.5, 0.6) is 0 Å². The molecule has 1 aliphatic heterocycles. The number of benzene rings is 2. The molecule has 2 heterocycles. The Balaban J connectivity index is 1.63. The second-order valence-corrected chi connectivity index (χ2v) is 8.76. The zero-order valence-corrected chi connectivity index (χ0v) is 18.8. The molecule has 32 heavy (non-hydrogen) atoms. The molecule has 3 aromatic rings. The summed E-state index contributed by atoms with van der Waals surface area (Å²) in [5.74, 6) is -1.95. The Labute approximate surface area is 191 Å². The van der Waals surface area contributed by atoms with Crippen molar-refractivity contribution in [1.82, 2.24) is 9.47 Å². The second-order valence-electron chi connectivity index (χ2n) is 8.32. The van der Waals surface area contributed by atoms with Crippen LogP contribution in [0.3, 0.4) is 0 Å². The quantitative estimate of drug-likeness (QED) is 0.585. The third-order valence-corrected chi connectivity index (χ3v) is 6.32. The van der Waals surface area contributed by atoms with E-state index < -0.39 is 18.0 Å². The van der Waals surface area contributed by atoms with Gasteiger partial charge in [0.25, 0.3) is 0 Å². The monoisotopic (exact) mass is 455 g/mol. The van der Waals surface area contributed by atoms with E-state index in [0.717, 1.165) is 0 Å². The molecule has 0 bridgehead atoms. The first-order chi connectivity index (χ1) is 15.2. The molecule has 1 aliphatic rings. The SMILES string of the molecule is Cc1ccc(N2CCN(C(C(=O)O)c3cn(CC(=O)O)c4cc(Cl)ccc34)CC2)c(C)c1. The van der Waals surface area contributed by atoms with E-state index in [1.807, 2.05) is 4.90 Å². The molecule has 1 saturated heterocycles. The lowest BCUT2D eigenvalue weighted by molar-refractivity contribution is -0.143. The summed E-state index contributed by atoms with van der Waals surface area (Å²) >= 11 is 6.13. The van der Waals surface area contributed by atoms with E-state index in [4.69, 9.17) is 11.6 Å². The number of hydrogen-bond acceptors (Lipinski definition) is 4. The smallest absolute Gasteiger partial charge is 0.325 e. The summed E-state index contributed by atoms with van der Waals surface area (Å²) in [6.07, 6.45) is 1.64. The van der Waals surface area contributed by atoms with Gasteiger partial charge in [0, 0.05) is 54.0 Å². The predicted octanol–water partition coefficient (Wildman–Crippen LogP) is 3.94. The number of carbonyl (C=O) groups is 2. The Hall–Kier alpha value is -3.03. The Kier molecular flexibility index (Phi) is 6.13. The second kappa shape index (κ2) is 8.84. The molecule has 0 spiro atoms. The molecule has 0 saturated carbocycles. The molecule has 168 valence electrons. The number of carboxylic acids is 2. The average molecular weight is 456 g/mol. The normalized spacial score (nSPS) is 15.8. The summed E-state index contributed by atoms with van der Waals surface area (Å²) in [7, 11) is 0. The van der Waals surface area contributed by atoms with Crippen molar-refractivity contribution in [3.8, 4) is 0 Å². The number of aliphatic carboxylic acids is 2. The highest BCUT2D eigenvalue weighted by Crippen LogP contribution is 2.33. The Morgan fingerprint density at radius 2 is 1.75 bits per heavy atom. The van der Waals surface area contributed by atoms with Crippen molar-refractivity contribution in [1.29, 1.82) is 0 Å². The molecular formula is C24H26ClN3O4. The maximum Gasteiger partial charge on any atom is 0.325 e. The minimum atomic E-state index is -0.998. The van der Waals surface area contributed by atoms with Gasteiger partial charge in [-0.25, -0.2) is 0 Å². The summed E-state index contributed by atoms with van der Waals surface area (Å²) in [5.41, 5.74) is 4.81. The number of piperazine rings is 1. The van der Waals surface area contributed by atoms with Crippen LogP contribution in [0.25, 0.3) is 10.9 Å². The molecule has 1 fully saturated rings. The zero-order chi connectivity index (χ0) is 23.0. The summed E-state index contributed by atoms with van der Waals surface area (Å²) < 4.78 is 1.56. The minimum absolute atomic E-state index is 0.260. The van der Waals surface area contributed by atoms with Gasteiger partial charge >= 0.3 is 11.9 Å². The number of fused-ring (bicyclic) bond motifs is 1. The van der Waals surface area contributed by atoms with Crippen LogP contribution in [0.4, 0.5) is 5.69 Å². The average Bonchev–Trinajstić information content (AvgIpc) is 3.05. The van der Waals surface area contributed by atoms with Gasteiger partial charge < -0.3 is 19.7 Å². The van der Waals surface area contributed by atoms with E-state index in [-0.39, 0.29) is 6.54 Å². The van der Waals surface area contributed by atoms with Crippen LogP contribution in [0.15, 0.2) is 42.6 Å². The molecule has 7 nitrogen and oxygen atoms in total. The van der Waals surface area contributed by atoms with Crippen LogP contribution in [0.2, 0.25) is 5.02 Å². The fourth-order valence-electron chi connectivity index (χ4n) is 4.66. The van der Waals surface area contributed by atoms with Gasteiger partial charge in [-0.3, -0.25) is 14.5 Å². The molecule has 0 radical (unpaired) electrons. The van der Waals surface area contributed by atoms with Gasteiger partial charge in [0.15, 0.2) is 0 Å². The first kappa shape index (κ1) is 22.2. The third kappa shape index (κ3) is 4.31. The number of nitrogens with zero attached hydrogens (tertiary/aromatic N) is 3. The lowest BCUT2D eigenvalue weighted by Gasteiger charge is -2.39. The lowest BCUT2D eigenvalue weighted by atomic mass is 10.0. The van der Waals surface area contributed by atoms with E-state index in [9.17, 15) is 19.8 Å². The molecule has 1 atom stereocenters. The highest BCUT2D eigenvalue weighted by atomic mass is 35.5. The summed E-state index contributed by atoms with van der Waals surface area (Å²) in [6.45, 7) is 6.51. The summed E-state index contributed by atoms with van der Waals surface area (Å²) in [4.78, 5) is 28.0. The van der Waals surface area contributed by atoms with Gasteiger partial charge in [-0.1, -0.05) is 35.4 Å². The van der Waals surface area contributed by atoms with E-state index in [1.54, 1.807) is 29.0 Å².